The van der Waals surface area contributed by atoms with Gasteiger partial charge in [-0.2, -0.15) is 0 Å². The molecule has 7 fully saturated rings. The van der Waals surface area contributed by atoms with Crippen molar-refractivity contribution in [3.8, 4) is 0 Å². The summed E-state index contributed by atoms with van der Waals surface area (Å²) in [6.07, 6.45) is -11.0. The average Bonchev–Trinajstić information content (AvgIpc) is 3.24. The first-order valence-corrected chi connectivity index (χ1v) is 23.7. The summed E-state index contributed by atoms with van der Waals surface area (Å²) in [4.78, 5) is 14.9. The number of hydrogen-bond acceptors (Lipinski definition) is 17. The molecule has 10 N–H and O–H groups in total. The third kappa shape index (κ3) is 7.67. The maximum atomic E-state index is 14.9. The number of carbonyl (C=O) groups excluding carboxylic acids is 1. The molecule has 366 valence electrons. The summed E-state index contributed by atoms with van der Waals surface area (Å²) < 4.78 is 35.3. The van der Waals surface area contributed by atoms with Crippen molar-refractivity contribution in [2.45, 2.75) is 205 Å². The van der Waals surface area contributed by atoms with Crippen LogP contribution >= 0.6 is 0 Å². The molecule has 8 rings (SSSR count). The first-order valence-electron chi connectivity index (χ1n) is 23.7. The van der Waals surface area contributed by atoms with E-state index in [4.69, 9.17) is 28.4 Å². The van der Waals surface area contributed by atoms with Crippen LogP contribution in [0.5, 0.6) is 0 Å². The van der Waals surface area contributed by atoms with E-state index in [1.807, 2.05) is 0 Å². The van der Waals surface area contributed by atoms with Gasteiger partial charge in [0.2, 0.25) is 6.29 Å². The zero-order chi connectivity index (χ0) is 46.7. The van der Waals surface area contributed by atoms with Crippen LogP contribution in [-0.2, 0) is 33.2 Å². The molecule has 17 nitrogen and oxygen atoms in total. The van der Waals surface area contributed by atoms with Gasteiger partial charge in [0.15, 0.2) is 12.6 Å². The molecule has 3 saturated heterocycles. The molecule has 4 saturated carbocycles. The highest BCUT2D eigenvalue weighted by Crippen LogP contribution is 2.76. The highest BCUT2D eigenvalue weighted by molar-refractivity contribution is 5.79. The molecule has 0 aromatic heterocycles. The Bertz CT molecular complexity index is 1740. The van der Waals surface area contributed by atoms with Gasteiger partial charge in [-0.15, -0.1) is 0 Å². The molecule has 0 aromatic carbocycles. The normalized spacial score (nSPS) is 53.4. The minimum atomic E-state index is -1.79. The molecule has 0 aromatic rings. The predicted octanol–water partition coefficient (Wildman–Crippen LogP) is 0.780. The molecule has 64 heavy (non-hydrogen) atoms. The number of aliphatic hydroxyl groups excluding tert-OH is 10. The van der Waals surface area contributed by atoms with Gasteiger partial charge >= 0.3 is 5.97 Å². The lowest BCUT2D eigenvalue weighted by atomic mass is 9.33. The summed E-state index contributed by atoms with van der Waals surface area (Å²) in [7, 11) is 0. The van der Waals surface area contributed by atoms with Gasteiger partial charge in [-0.1, -0.05) is 60.1 Å². The molecule has 8 aliphatic rings. The van der Waals surface area contributed by atoms with Crippen molar-refractivity contribution in [2.24, 2.45) is 50.2 Å². The molecular weight excluding hydrogens is 836 g/mol. The van der Waals surface area contributed by atoms with Gasteiger partial charge < -0.3 is 79.5 Å². The van der Waals surface area contributed by atoms with Crippen LogP contribution in [0.3, 0.4) is 0 Å². The lowest BCUT2D eigenvalue weighted by molar-refractivity contribution is -0.328. The molecule has 0 spiro atoms. The smallest absolute Gasteiger partial charge is 0.315 e. The number of ether oxygens (including phenoxy) is 6. The van der Waals surface area contributed by atoms with Crippen LogP contribution in [0, 0.1) is 50.2 Å². The zero-order valence-corrected chi connectivity index (χ0v) is 38.5. The lowest BCUT2D eigenvalue weighted by Crippen LogP contribution is -2.66. The van der Waals surface area contributed by atoms with Crippen molar-refractivity contribution < 1.29 is 84.3 Å². The summed E-state index contributed by atoms with van der Waals surface area (Å²) in [5.41, 5.74) is -0.415. The molecule has 5 aliphatic carbocycles. The highest BCUT2D eigenvalue weighted by Gasteiger charge is 2.70. The number of esters is 1. The molecule has 0 bridgehead atoms. The maximum Gasteiger partial charge on any atom is 0.315 e. The Morgan fingerprint density at radius 1 is 0.688 bits per heavy atom. The van der Waals surface area contributed by atoms with Crippen molar-refractivity contribution >= 4 is 5.97 Å². The van der Waals surface area contributed by atoms with Crippen LogP contribution < -0.4 is 0 Å². The Morgan fingerprint density at radius 2 is 1.31 bits per heavy atom. The predicted molar refractivity (Wildman–Crippen MR) is 224 cm³/mol. The van der Waals surface area contributed by atoms with E-state index in [2.05, 4.69) is 54.5 Å². The average molecular weight is 913 g/mol. The number of fused-ring (bicyclic) bond motifs is 7. The van der Waals surface area contributed by atoms with Gasteiger partial charge in [-0.25, -0.2) is 0 Å². The summed E-state index contributed by atoms with van der Waals surface area (Å²) in [6.45, 7) is 15.0. The van der Waals surface area contributed by atoms with Gasteiger partial charge in [0.25, 0.3) is 0 Å². The second-order valence-electron chi connectivity index (χ2n) is 23.1. The van der Waals surface area contributed by atoms with Crippen molar-refractivity contribution in [2.75, 3.05) is 19.8 Å². The summed E-state index contributed by atoms with van der Waals surface area (Å²) >= 11 is 0. The van der Waals surface area contributed by atoms with Gasteiger partial charge in [-0.05, 0) is 109 Å². The van der Waals surface area contributed by atoms with Crippen LogP contribution in [0.1, 0.15) is 113 Å². The van der Waals surface area contributed by atoms with Gasteiger partial charge in [-0.3, -0.25) is 4.79 Å². The number of allylic oxidation sites excluding steroid dienone is 2. The summed E-state index contributed by atoms with van der Waals surface area (Å²) in [6, 6.07) is 0. The third-order valence-corrected chi connectivity index (χ3v) is 18.9. The largest absolute Gasteiger partial charge is 0.432 e. The Labute approximate surface area is 376 Å². The Balaban J connectivity index is 1.01. The van der Waals surface area contributed by atoms with Crippen molar-refractivity contribution in [1.29, 1.82) is 0 Å². The lowest BCUT2D eigenvalue weighted by Gasteiger charge is -2.71. The Hall–Kier alpha value is -1.39. The van der Waals surface area contributed by atoms with E-state index in [0.717, 1.165) is 51.4 Å². The van der Waals surface area contributed by atoms with E-state index in [1.54, 1.807) is 0 Å². The number of rotatable bonds is 8. The minimum absolute atomic E-state index is 0.0502. The molecule has 3 heterocycles. The van der Waals surface area contributed by atoms with Gasteiger partial charge in [0, 0.05) is 0 Å². The minimum Gasteiger partial charge on any atom is -0.432 e. The fourth-order valence-corrected chi connectivity index (χ4v) is 14.7. The first kappa shape index (κ1) is 49.0. The van der Waals surface area contributed by atoms with Crippen LogP contribution in [0.2, 0.25) is 0 Å². The van der Waals surface area contributed by atoms with E-state index >= 15 is 0 Å². The van der Waals surface area contributed by atoms with Crippen molar-refractivity contribution in [3.63, 3.8) is 0 Å². The van der Waals surface area contributed by atoms with Crippen LogP contribution in [0.25, 0.3) is 0 Å². The molecule has 3 aliphatic heterocycles. The Morgan fingerprint density at radius 3 is 2.00 bits per heavy atom. The molecule has 2 unspecified atom stereocenters. The molecule has 17 heteroatoms. The number of aliphatic hydroxyl groups is 10. The van der Waals surface area contributed by atoms with Gasteiger partial charge in [0.1, 0.15) is 67.1 Å². The van der Waals surface area contributed by atoms with E-state index < -0.39 is 111 Å². The van der Waals surface area contributed by atoms with E-state index in [0.29, 0.717) is 24.7 Å². The molecule has 0 amide bonds. The fraction of sp³-hybridized carbons (Fsp3) is 0.936. The van der Waals surface area contributed by atoms with Crippen LogP contribution in [0.4, 0.5) is 0 Å². The maximum absolute atomic E-state index is 14.9. The zero-order valence-electron chi connectivity index (χ0n) is 38.5. The molecular formula is C47H76O17. The molecule has 22 atom stereocenters. The van der Waals surface area contributed by atoms with Gasteiger partial charge in [0.05, 0.1) is 31.3 Å². The van der Waals surface area contributed by atoms with E-state index in [9.17, 15) is 55.9 Å². The SMILES string of the molecule is CC1(C)CC[C@]2(C(=O)O[C@@H]3O[C@H](CO[C@@H]4O[C@H](CO)[C@@H](O)[C@H](O)[C@H]4O)[C@@H](O)[C@H](O)[C@H]3O)CC[C@]3(C)C(=CCC4[C@@]5(C)CC[C@H](O[C@@H]6OC[C@H](O)[C@H](O)[C@H]6O)C(C)(C)C5CC[C@]43C)[C@@H]2C1. The third-order valence-electron chi connectivity index (χ3n) is 18.9. The standard InChI is InChI=1S/C47H76O17/c1-42(2)14-16-47(41(58)64-40-37(57)34(54)32(52)26(62-40)21-60-38-36(56)33(53)31(51)25(19-48)61-38)17-15-45(6)22(23(47)18-42)8-9-28-44(5)12-11-29(43(3,4)27(44)10-13-46(28,45)7)63-39-35(55)30(50)24(49)20-59-39/h8,23-40,48-57H,9-21H2,1-7H3/t23-,24-,25+,26+,27?,28?,29-,30-,31+,32+,33-,34-,35+,36+,37+,38+,39-,40-,44-,45+,46+,47-/m0/s1. The second-order valence-corrected chi connectivity index (χ2v) is 23.1. The topological polar surface area (TPSA) is 275 Å². The van der Waals surface area contributed by atoms with E-state index in [1.165, 1.54) is 5.57 Å². The fourth-order valence-electron chi connectivity index (χ4n) is 14.7. The van der Waals surface area contributed by atoms with Crippen molar-refractivity contribution in [3.05, 3.63) is 11.6 Å². The summed E-state index contributed by atoms with van der Waals surface area (Å²) in [5.74, 6) is -0.0729. The number of carbonyl (C=O) groups is 1. The Kier molecular flexibility index (Phi) is 13.2. The van der Waals surface area contributed by atoms with E-state index in [-0.39, 0.29) is 45.7 Å². The highest BCUT2D eigenvalue weighted by atomic mass is 16.7. The second kappa shape index (κ2) is 17.2. The number of hydrogen-bond donors (Lipinski definition) is 10. The summed E-state index contributed by atoms with van der Waals surface area (Å²) in [5, 5.41) is 105. The van der Waals surface area contributed by atoms with Crippen molar-refractivity contribution in [1.82, 2.24) is 0 Å². The first-order chi connectivity index (χ1) is 29.9. The molecule has 0 radical (unpaired) electrons. The quantitative estimate of drug-likeness (QED) is 0.0916. The monoisotopic (exact) mass is 913 g/mol. The van der Waals surface area contributed by atoms with Crippen LogP contribution in [-0.4, -0.2) is 169 Å². The van der Waals surface area contributed by atoms with Crippen LogP contribution in [0.15, 0.2) is 11.6 Å².